The van der Waals surface area contributed by atoms with Crippen molar-refractivity contribution >= 4 is 28.1 Å². The normalized spacial score (nSPS) is 11.5. The Balaban J connectivity index is 1.45. The maximum atomic E-state index is 12.1. The lowest BCUT2D eigenvalue weighted by atomic mass is 10.0. The predicted octanol–water partition coefficient (Wildman–Crippen LogP) is 3.36. The highest BCUT2D eigenvalue weighted by molar-refractivity contribution is 7.98. The maximum Gasteiger partial charge on any atom is 0.258 e. The van der Waals surface area contributed by atoms with Gasteiger partial charge in [-0.15, -0.1) is 21.5 Å². The van der Waals surface area contributed by atoms with Crippen LogP contribution in [0.5, 0.6) is 5.75 Å². The van der Waals surface area contributed by atoms with Crippen molar-refractivity contribution in [1.29, 1.82) is 0 Å². The molecule has 4 rings (SSSR count). The number of aromatic nitrogens is 5. The fraction of sp³-hybridized carbons (Fsp3) is 0.300. The number of ether oxygens (including phenoxy) is 1. The van der Waals surface area contributed by atoms with E-state index in [1.54, 1.807) is 6.20 Å². The van der Waals surface area contributed by atoms with E-state index in [1.165, 1.54) is 38.2 Å². The summed E-state index contributed by atoms with van der Waals surface area (Å²) in [7, 11) is 0. The Morgan fingerprint density at radius 1 is 1.27 bits per heavy atom. The molecule has 0 aliphatic heterocycles. The summed E-state index contributed by atoms with van der Waals surface area (Å²) in [5.41, 5.74) is 2.85. The molecule has 1 aromatic carbocycles. The average molecular weight is 443 g/mol. The van der Waals surface area contributed by atoms with Crippen LogP contribution in [0.15, 0.2) is 45.8 Å². The highest BCUT2D eigenvalue weighted by Crippen LogP contribution is 2.28. The summed E-state index contributed by atoms with van der Waals surface area (Å²) in [6, 6.07) is 7.71. The summed E-state index contributed by atoms with van der Waals surface area (Å²) in [5, 5.41) is 10.7. The zero-order valence-corrected chi connectivity index (χ0v) is 18.5. The number of nitrogen functional groups attached to an aromatic ring is 1. The number of hydrogen-bond acceptors (Lipinski definition) is 8. The van der Waals surface area contributed by atoms with Crippen LogP contribution in [0, 0.1) is 6.92 Å². The van der Waals surface area contributed by atoms with E-state index < -0.39 is 0 Å². The number of thiazole rings is 1. The van der Waals surface area contributed by atoms with E-state index >= 15 is 0 Å². The minimum atomic E-state index is -0.0979. The number of nitrogens with two attached hydrogens (primary N) is 1. The van der Waals surface area contributed by atoms with Crippen LogP contribution < -0.4 is 16.1 Å². The lowest BCUT2D eigenvalue weighted by Gasteiger charge is -2.14. The largest absolute Gasteiger partial charge is 0.485 e. The molecule has 0 fully saturated rings. The van der Waals surface area contributed by atoms with Gasteiger partial charge < -0.3 is 10.6 Å². The van der Waals surface area contributed by atoms with Gasteiger partial charge in [-0.1, -0.05) is 37.7 Å². The molecular formula is C20H22N6O2S2. The first-order chi connectivity index (χ1) is 14.4. The Hall–Kier alpha value is -2.85. The van der Waals surface area contributed by atoms with E-state index in [-0.39, 0.29) is 12.2 Å². The fourth-order valence-electron chi connectivity index (χ4n) is 2.99. The quantitative estimate of drug-likeness (QED) is 0.346. The number of nitrogens with zero attached hydrogens (tertiary/aromatic N) is 5. The van der Waals surface area contributed by atoms with Gasteiger partial charge in [0.15, 0.2) is 10.8 Å². The first-order valence-corrected chi connectivity index (χ1v) is 11.3. The Morgan fingerprint density at radius 2 is 2.10 bits per heavy atom. The minimum Gasteiger partial charge on any atom is -0.485 e. The van der Waals surface area contributed by atoms with Gasteiger partial charge in [-0.05, 0) is 30.0 Å². The van der Waals surface area contributed by atoms with Gasteiger partial charge in [-0.2, -0.15) is 0 Å². The third-order valence-corrected chi connectivity index (χ3v) is 6.32. The average Bonchev–Trinajstić information content (AvgIpc) is 3.31. The zero-order valence-electron chi connectivity index (χ0n) is 16.9. The minimum absolute atomic E-state index is 0.0979. The van der Waals surface area contributed by atoms with Crippen molar-refractivity contribution in [2.75, 3.05) is 5.84 Å². The molecule has 0 aliphatic rings. The van der Waals surface area contributed by atoms with Gasteiger partial charge in [0.1, 0.15) is 12.4 Å². The van der Waals surface area contributed by atoms with E-state index in [1.807, 2.05) is 18.4 Å². The zero-order chi connectivity index (χ0) is 21.3. The molecule has 10 heteroatoms. The van der Waals surface area contributed by atoms with Crippen molar-refractivity contribution in [3.63, 3.8) is 0 Å². The summed E-state index contributed by atoms with van der Waals surface area (Å²) in [6.07, 6.45) is 1.72. The van der Waals surface area contributed by atoms with E-state index in [4.69, 9.17) is 10.6 Å². The maximum absolute atomic E-state index is 12.1. The summed E-state index contributed by atoms with van der Waals surface area (Å²) in [4.78, 5) is 17.3. The van der Waals surface area contributed by atoms with Crippen LogP contribution in [0.3, 0.4) is 0 Å². The van der Waals surface area contributed by atoms with Crippen molar-refractivity contribution in [3.8, 4) is 5.75 Å². The second-order valence-corrected chi connectivity index (χ2v) is 9.00. The van der Waals surface area contributed by atoms with E-state index in [0.717, 1.165) is 16.9 Å². The Kier molecular flexibility index (Phi) is 5.78. The lowest BCUT2D eigenvalue weighted by molar-refractivity contribution is 0.287. The third kappa shape index (κ3) is 4.19. The van der Waals surface area contributed by atoms with Crippen molar-refractivity contribution in [2.24, 2.45) is 0 Å². The summed E-state index contributed by atoms with van der Waals surface area (Å²) in [6.45, 7) is 6.51. The van der Waals surface area contributed by atoms with E-state index in [0.29, 0.717) is 33.3 Å². The molecular weight excluding hydrogens is 420 g/mol. The molecule has 0 aliphatic carbocycles. The molecule has 156 valence electrons. The summed E-state index contributed by atoms with van der Waals surface area (Å²) in [5.74, 6) is 8.34. The van der Waals surface area contributed by atoms with Crippen LogP contribution in [-0.4, -0.2) is 24.3 Å². The first-order valence-electron chi connectivity index (χ1n) is 9.43. The Labute approximate surface area is 181 Å². The van der Waals surface area contributed by atoms with Crippen molar-refractivity contribution in [1.82, 2.24) is 24.3 Å². The third-order valence-electron chi connectivity index (χ3n) is 4.59. The summed E-state index contributed by atoms with van der Waals surface area (Å²) >= 11 is 2.80. The van der Waals surface area contributed by atoms with Crippen LogP contribution in [0.1, 0.15) is 42.4 Å². The molecule has 30 heavy (non-hydrogen) atoms. The molecule has 0 saturated heterocycles. The van der Waals surface area contributed by atoms with Crippen LogP contribution in [0.25, 0.3) is 4.96 Å². The van der Waals surface area contributed by atoms with Crippen molar-refractivity contribution in [3.05, 3.63) is 68.8 Å². The van der Waals surface area contributed by atoms with Crippen molar-refractivity contribution in [2.45, 2.75) is 44.2 Å². The van der Waals surface area contributed by atoms with Crippen LogP contribution in [0.2, 0.25) is 0 Å². The molecule has 2 N–H and O–H groups in total. The molecule has 3 heterocycles. The van der Waals surface area contributed by atoms with Crippen LogP contribution in [-0.2, 0) is 12.4 Å². The van der Waals surface area contributed by atoms with Gasteiger partial charge in [0, 0.05) is 23.4 Å². The number of hydrogen-bond donors (Lipinski definition) is 1. The van der Waals surface area contributed by atoms with Crippen LogP contribution in [0.4, 0.5) is 0 Å². The Bertz CT molecular complexity index is 1240. The van der Waals surface area contributed by atoms with Gasteiger partial charge in [0.2, 0.25) is 5.16 Å². The van der Waals surface area contributed by atoms with Crippen LogP contribution >= 0.6 is 23.1 Å². The number of thioether (sulfide) groups is 1. The standard InChI is InChI=1S/C20H22N6O2S2/c1-12(2)15-5-4-13(3)8-16(15)28-10-17-23-24-20(26(17)21)30-11-14-9-18(27)25-6-7-29-19(25)22-14/h4-9,12H,10-11,21H2,1-3H3. The van der Waals surface area contributed by atoms with Gasteiger partial charge in [-0.25, -0.2) is 9.66 Å². The van der Waals surface area contributed by atoms with Gasteiger partial charge in [0.25, 0.3) is 5.56 Å². The van der Waals surface area contributed by atoms with Gasteiger partial charge in [0.05, 0.1) is 5.69 Å². The summed E-state index contributed by atoms with van der Waals surface area (Å²) < 4.78 is 8.96. The SMILES string of the molecule is Cc1ccc(C(C)C)c(OCc2nnc(SCc3cc(=O)n4ccsc4n3)n2N)c1. The fourth-order valence-corrected chi connectivity index (χ4v) is 4.50. The van der Waals surface area contributed by atoms with E-state index in [2.05, 4.69) is 41.2 Å². The number of benzene rings is 1. The molecule has 8 nitrogen and oxygen atoms in total. The van der Waals surface area contributed by atoms with Gasteiger partial charge in [-0.3, -0.25) is 9.20 Å². The molecule has 4 aromatic rings. The first kappa shape index (κ1) is 20.4. The molecule has 0 bridgehead atoms. The van der Waals surface area contributed by atoms with Gasteiger partial charge >= 0.3 is 0 Å². The topological polar surface area (TPSA) is 100 Å². The Morgan fingerprint density at radius 3 is 2.90 bits per heavy atom. The van der Waals surface area contributed by atoms with E-state index in [9.17, 15) is 4.79 Å². The molecule has 0 atom stereocenters. The number of aryl methyl sites for hydroxylation is 1. The monoisotopic (exact) mass is 442 g/mol. The molecule has 0 saturated carbocycles. The molecule has 0 spiro atoms. The number of fused-ring (bicyclic) bond motifs is 1. The number of rotatable bonds is 7. The highest BCUT2D eigenvalue weighted by Gasteiger charge is 2.14. The molecule has 0 radical (unpaired) electrons. The molecule has 3 aromatic heterocycles. The molecule has 0 amide bonds. The predicted molar refractivity (Wildman–Crippen MR) is 119 cm³/mol. The molecule has 0 unspecified atom stereocenters. The second kappa shape index (κ2) is 8.49. The lowest BCUT2D eigenvalue weighted by Crippen LogP contribution is -2.16. The van der Waals surface area contributed by atoms with Crippen molar-refractivity contribution < 1.29 is 4.74 Å². The second-order valence-electron chi connectivity index (χ2n) is 7.18. The highest BCUT2D eigenvalue weighted by atomic mass is 32.2. The smallest absolute Gasteiger partial charge is 0.258 e.